The van der Waals surface area contributed by atoms with Crippen LogP contribution in [-0.4, -0.2) is 101 Å². The van der Waals surface area contributed by atoms with E-state index in [1.807, 2.05) is 6.92 Å². The zero-order valence-electron chi connectivity index (χ0n) is 21.8. The topological polar surface area (TPSA) is 219 Å². The van der Waals surface area contributed by atoms with Crippen molar-refractivity contribution in [1.29, 1.82) is 0 Å². The van der Waals surface area contributed by atoms with E-state index in [0.29, 0.717) is 56.6 Å². The van der Waals surface area contributed by atoms with Gasteiger partial charge in [-0.15, -0.1) is 0 Å². The summed E-state index contributed by atoms with van der Waals surface area (Å²) in [5, 5.41) is 30.0. The quantitative estimate of drug-likeness (QED) is 0.119. The average Bonchev–Trinajstić information content (AvgIpc) is 3.40. The van der Waals surface area contributed by atoms with E-state index < -0.39 is 34.6 Å². The number of amides is 1. The molecule has 16 heteroatoms. The summed E-state index contributed by atoms with van der Waals surface area (Å²) in [6.07, 6.45) is 2.15. The van der Waals surface area contributed by atoms with Gasteiger partial charge in [0.05, 0.1) is 12.6 Å². The highest BCUT2D eigenvalue weighted by Gasteiger charge is 2.44. The van der Waals surface area contributed by atoms with Gasteiger partial charge in [0, 0.05) is 32.6 Å². The summed E-state index contributed by atoms with van der Waals surface area (Å²) < 4.78 is 31.9. The number of nitrogens with zero attached hydrogens (tertiary/aromatic N) is 4. The molecule has 1 unspecified atom stereocenters. The summed E-state index contributed by atoms with van der Waals surface area (Å²) in [5.41, 5.74) is 6.75. The third-order valence-electron chi connectivity index (χ3n) is 6.01. The van der Waals surface area contributed by atoms with Crippen molar-refractivity contribution < 1.29 is 28.2 Å². The van der Waals surface area contributed by atoms with E-state index in [2.05, 4.69) is 35.6 Å². The number of aliphatic hydroxyl groups is 2. The molecule has 1 aliphatic rings. The minimum atomic E-state index is -3.18. The Balaban J connectivity index is 1.48. The Kier molecular flexibility index (Phi) is 11.0. The van der Waals surface area contributed by atoms with Crippen LogP contribution in [-0.2, 0) is 19.6 Å². The molecule has 4 atom stereocenters. The first-order chi connectivity index (χ1) is 18.1. The van der Waals surface area contributed by atoms with Crippen molar-refractivity contribution in [1.82, 2.24) is 34.9 Å². The van der Waals surface area contributed by atoms with Gasteiger partial charge in [0.2, 0.25) is 21.9 Å². The Morgan fingerprint density at radius 1 is 1.13 bits per heavy atom. The van der Waals surface area contributed by atoms with E-state index in [-0.39, 0.29) is 17.7 Å². The number of nitrogens with one attached hydrogen (secondary N) is 4. The smallest absolute Gasteiger partial charge is 0.226 e. The number of aromatic nitrogens is 4. The molecule has 3 rings (SSSR count). The first kappa shape index (κ1) is 29.9. The van der Waals surface area contributed by atoms with Gasteiger partial charge >= 0.3 is 0 Å². The minimum absolute atomic E-state index is 0.106. The summed E-state index contributed by atoms with van der Waals surface area (Å²) in [6.45, 7) is 4.23. The van der Waals surface area contributed by atoms with Gasteiger partial charge in [-0.2, -0.15) is 9.97 Å². The predicted molar refractivity (Wildman–Crippen MR) is 142 cm³/mol. The highest BCUT2D eigenvalue weighted by molar-refractivity contribution is 7.88. The number of imidazole rings is 1. The van der Waals surface area contributed by atoms with E-state index in [9.17, 15) is 23.4 Å². The van der Waals surface area contributed by atoms with Crippen molar-refractivity contribution >= 4 is 38.9 Å². The molecule has 1 aliphatic heterocycles. The van der Waals surface area contributed by atoms with Crippen molar-refractivity contribution in [2.24, 2.45) is 0 Å². The molecule has 0 saturated carbocycles. The fourth-order valence-corrected chi connectivity index (χ4v) is 4.58. The first-order valence-corrected chi connectivity index (χ1v) is 14.7. The van der Waals surface area contributed by atoms with E-state index in [4.69, 9.17) is 10.5 Å². The third-order valence-corrected chi connectivity index (χ3v) is 6.74. The van der Waals surface area contributed by atoms with Crippen LogP contribution in [0.25, 0.3) is 11.2 Å². The van der Waals surface area contributed by atoms with Crippen LogP contribution in [0.4, 0.5) is 11.8 Å². The minimum Gasteiger partial charge on any atom is -0.387 e. The number of nitrogens with two attached hydrogens (primary N) is 1. The maximum Gasteiger partial charge on any atom is 0.226 e. The van der Waals surface area contributed by atoms with Gasteiger partial charge in [0.15, 0.2) is 17.7 Å². The van der Waals surface area contributed by atoms with Gasteiger partial charge in [0.1, 0.15) is 23.8 Å². The van der Waals surface area contributed by atoms with Crippen molar-refractivity contribution in [2.45, 2.75) is 63.6 Å². The summed E-state index contributed by atoms with van der Waals surface area (Å²) in [6, 6.07) is 0. The number of hydrogen-bond donors (Lipinski definition) is 7. The van der Waals surface area contributed by atoms with Crippen molar-refractivity contribution in [3.05, 3.63) is 6.33 Å². The number of aliphatic hydroxyl groups excluding tert-OH is 2. The normalized spacial score (nSPS) is 21.7. The third kappa shape index (κ3) is 8.44. The van der Waals surface area contributed by atoms with E-state index >= 15 is 0 Å². The van der Waals surface area contributed by atoms with Crippen LogP contribution in [0.1, 0.15) is 45.3 Å². The zero-order valence-corrected chi connectivity index (χ0v) is 22.6. The highest BCUT2D eigenvalue weighted by Crippen LogP contribution is 2.32. The molecule has 214 valence electrons. The van der Waals surface area contributed by atoms with Crippen molar-refractivity contribution in [2.75, 3.05) is 50.0 Å². The monoisotopic (exact) mass is 557 g/mol. The Hall–Kier alpha value is -2.63. The number of fused-ring (bicyclic) bond motifs is 1. The number of nitrogen functional groups attached to an aromatic ring is 1. The number of carbonyl (C=O) groups is 1. The molecule has 0 radical (unpaired) electrons. The number of carbonyl (C=O) groups excluding carboxylic acids is 1. The van der Waals surface area contributed by atoms with Gasteiger partial charge in [-0.1, -0.05) is 13.3 Å². The van der Waals surface area contributed by atoms with Crippen LogP contribution < -0.4 is 26.4 Å². The average molecular weight is 558 g/mol. The summed E-state index contributed by atoms with van der Waals surface area (Å²) in [4.78, 5) is 24.9. The SMILES string of the molecule is CCCNC[C@H]1OC(n2cnc3c(N)nc(NCCNC(=O)CCCCCNS(C)(=O)=O)nc32)[C@H](O)[C@@H]1O. The van der Waals surface area contributed by atoms with Crippen LogP contribution in [0.3, 0.4) is 0 Å². The number of sulfonamides is 1. The molecule has 2 aromatic heterocycles. The maximum absolute atomic E-state index is 12.0. The van der Waals surface area contributed by atoms with E-state index in [0.717, 1.165) is 25.6 Å². The van der Waals surface area contributed by atoms with E-state index in [1.54, 1.807) is 0 Å². The lowest BCUT2D eigenvalue weighted by atomic mass is 10.1. The van der Waals surface area contributed by atoms with Crippen LogP contribution in [0, 0.1) is 0 Å². The van der Waals surface area contributed by atoms with Crippen molar-refractivity contribution in [3.8, 4) is 0 Å². The maximum atomic E-state index is 12.0. The molecule has 0 aromatic carbocycles. The Morgan fingerprint density at radius 2 is 1.92 bits per heavy atom. The second kappa shape index (κ2) is 14.0. The molecule has 1 saturated heterocycles. The lowest BCUT2D eigenvalue weighted by molar-refractivity contribution is -0.121. The summed E-state index contributed by atoms with van der Waals surface area (Å²) in [7, 11) is -3.18. The van der Waals surface area contributed by atoms with Gasteiger partial charge in [0.25, 0.3) is 0 Å². The highest BCUT2D eigenvalue weighted by atomic mass is 32.2. The van der Waals surface area contributed by atoms with Gasteiger partial charge in [-0.25, -0.2) is 18.1 Å². The predicted octanol–water partition coefficient (Wildman–Crippen LogP) is -1.33. The number of unbranched alkanes of at least 4 members (excludes halogenated alkanes) is 2. The number of ether oxygens (including phenoxy) is 1. The molecule has 0 spiro atoms. The lowest BCUT2D eigenvalue weighted by Crippen LogP contribution is -2.37. The second-order valence-electron chi connectivity index (χ2n) is 9.26. The Morgan fingerprint density at radius 3 is 2.66 bits per heavy atom. The van der Waals surface area contributed by atoms with Gasteiger partial charge in [-0.05, 0) is 25.8 Å². The summed E-state index contributed by atoms with van der Waals surface area (Å²) >= 11 is 0. The van der Waals surface area contributed by atoms with Crippen LogP contribution in [0.2, 0.25) is 0 Å². The van der Waals surface area contributed by atoms with Crippen LogP contribution in [0.5, 0.6) is 0 Å². The Labute approximate surface area is 222 Å². The standard InChI is InChI=1S/C22H39N9O6S/c1-3-8-24-12-14-17(33)18(34)21(37-14)31-13-27-16-19(23)29-22(30-20(16)31)26-11-10-25-15(32)7-5-4-6-9-28-38(2,35)36/h13-14,17-18,21,24,28,33-34H,3-12H2,1-2H3,(H,25,32)(H3,23,26,29,30)/t14-,17-,18-,21?/m1/s1. The fourth-order valence-electron chi connectivity index (χ4n) is 4.06. The molecular weight excluding hydrogens is 518 g/mol. The molecule has 1 amide bonds. The number of hydrogen-bond acceptors (Lipinski definition) is 12. The molecule has 8 N–H and O–H groups in total. The number of rotatable bonds is 16. The van der Waals surface area contributed by atoms with Crippen LogP contribution in [0.15, 0.2) is 6.33 Å². The summed E-state index contributed by atoms with van der Waals surface area (Å²) in [5.74, 6) is 0.254. The molecule has 2 aromatic rings. The lowest BCUT2D eigenvalue weighted by Gasteiger charge is -2.17. The molecule has 3 heterocycles. The Bertz CT molecular complexity index is 1160. The number of anilines is 2. The molecule has 15 nitrogen and oxygen atoms in total. The van der Waals surface area contributed by atoms with Gasteiger partial charge < -0.3 is 36.6 Å². The zero-order chi connectivity index (χ0) is 27.7. The van der Waals surface area contributed by atoms with Crippen molar-refractivity contribution in [3.63, 3.8) is 0 Å². The van der Waals surface area contributed by atoms with Crippen LogP contribution >= 0.6 is 0 Å². The van der Waals surface area contributed by atoms with Gasteiger partial charge in [-0.3, -0.25) is 9.36 Å². The largest absolute Gasteiger partial charge is 0.387 e. The van der Waals surface area contributed by atoms with E-state index in [1.165, 1.54) is 10.9 Å². The molecule has 38 heavy (non-hydrogen) atoms. The second-order valence-corrected chi connectivity index (χ2v) is 11.1. The first-order valence-electron chi connectivity index (χ1n) is 12.8. The molecule has 0 aliphatic carbocycles. The molecule has 1 fully saturated rings. The molecular formula is C22H39N9O6S. The fraction of sp³-hybridized carbons (Fsp3) is 0.727. The molecule has 0 bridgehead atoms.